The van der Waals surface area contributed by atoms with Crippen molar-refractivity contribution >= 4 is 34.7 Å². The zero-order valence-corrected chi connectivity index (χ0v) is 21.6. The number of carbonyl (C=O) groups excluding carboxylic acids is 1. The fourth-order valence-corrected chi connectivity index (χ4v) is 5.45. The molecule has 2 heterocycles. The second-order valence-corrected chi connectivity index (χ2v) is 9.66. The van der Waals surface area contributed by atoms with Crippen LogP contribution < -0.4 is 24.9 Å². The third kappa shape index (κ3) is 4.82. The number of ether oxygens (including phenoxy) is 1. The van der Waals surface area contributed by atoms with E-state index in [2.05, 4.69) is 10.3 Å². The summed E-state index contributed by atoms with van der Waals surface area (Å²) >= 11 is 1.06. The number of carbonyl (C=O) groups is 1. The van der Waals surface area contributed by atoms with E-state index in [1.54, 1.807) is 55.5 Å². The van der Waals surface area contributed by atoms with E-state index >= 15 is 0 Å². The number of para-hydroxylation sites is 2. The normalized spacial score (nSPS) is 14.9. The molecule has 3 aromatic carbocycles. The van der Waals surface area contributed by atoms with Gasteiger partial charge >= 0.3 is 5.69 Å². The number of aromatic hydroxyl groups is 1. The molecule has 1 amide bonds. The summed E-state index contributed by atoms with van der Waals surface area (Å²) in [6.07, 6.45) is 1.39. The lowest BCUT2D eigenvalue weighted by atomic mass is 9.95. The number of thiazole rings is 1. The van der Waals surface area contributed by atoms with Crippen LogP contribution in [0.3, 0.4) is 0 Å². The summed E-state index contributed by atoms with van der Waals surface area (Å²) < 4.78 is 7.01. The molecule has 0 unspecified atom stereocenters. The van der Waals surface area contributed by atoms with Crippen LogP contribution in [0.5, 0.6) is 11.5 Å². The van der Waals surface area contributed by atoms with E-state index in [1.807, 2.05) is 6.07 Å². The van der Waals surface area contributed by atoms with E-state index in [4.69, 9.17) is 4.74 Å². The molecular formula is C28H22N4O6S. The van der Waals surface area contributed by atoms with Crippen LogP contribution in [0.1, 0.15) is 24.1 Å². The van der Waals surface area contributed by atoms with Crippen molar-refractivity contribution in [2.45, 2.75) is 13.0 Å². The molecule has 0 aliphatic carbocycles. The second-order valence-electron chi connectivity index (χ2n) is 8.65. The summed E-state index contributed by atoms with van der Waals surface area (Å²) in [6, 6.07) is 19.3. The number of rotatable bonds is 6. The van der Waals surface area contributed by atoms with Gasteiger partial charge in [0.2, 0.25) is 5.75 Å². The number of benzene rings is 3. The molecule has 4 aromatic rings. The number of methoxy groups -OCH3 is 1. The van der Waals surface area contributed by atoms with Gasteiger partial charge in [-0.3, -0.25) is 24.3 Å². The van der Waals surface area contributed by atoms with Gasteiger partial charge in [-0.25, -0.2) is 4.99 Å². The van der Waals surface area contributed by atoms with Gasteiger partial charge in [-0.15, -0.1) is 0 Å². The van der Waals surface area contributed by atoms with Gasteiger partial charge in [0, 0.05) is 17.3 Å². The predicted molar refractivity (Wildman–Crippen MR) is 147 cm³/mol. The van der Waals surface area contributed by atoms with Crippen molar-refractivity contribution in [2.75, 3.05) is 12.4 Å². The zero-order chi connectivity index (χ0) is 27.7. The van der Waals surface area contributed by atoms with Gasteiger partial charge in [0.15, 0.2) is 4.80 Å². The van der Waals surface area contributed by atoms with Crippen molar-refractivity contribution in [3.63, 3.8) is 0 Å². The number of phenols is 1. The molecule has 2 N–H and O–H groups in total. The number of anilines is 1. The SMILES string of the molecule is COc1cccc([C@@H]2C(C(=O)Nc3ccccc3)=C(C)N=c3sc(=Cc4cccc([N+](=O)[O-])c4O)c(=O)n32)c1. The van der Waals surface area contributed by atoms with Crippen LogP contribution in [0.15, 0.2) is 93.9 Å². The van der Waals surface area contributed by atoms with Crippen LogP contribution in [0, 0.1) is 10.1 Å². The van der Waals surface area contributed by atoms with Gasteiger partial charge in [0.1, 0.15) is 5.75 Å². The highest BCUT2D eigenvalue weighted by atomic mass is 32.1. The number of amides is 1. The van der Waals surface area contributed by atoms with Crippen LogP contribution in [0.4, 0.5) is 11.4 Å². The number of nitrogens with one attached hydrogen (secondary N) is 1. The maximum atomic E-state index is 13.8. The minimum absolute atomic E-state index is 0.116. The highest BCUT2D eigenvalue weighted by Crippen LogP contribution is 2.33. The minimum Gasteiger partial charge on any atom is -0.502 e. The number of aromatic nitrogens is 1. The van der Waals surface area contributed by atoms with E-state index in [1.165, 1.54) is 36.0 Å². The molecule has 1 aromatic heterocycles. The first-order valence-electron chi connectivity index (χ1n) is 11.8. The number of nitro groups is 1. The quantitative estimate of drug-likeness (QED) is 0.283. The Kier molecular flexibility index (Phi) is 6.82. The van der Waals surface area contributed by atoms with E-state index in [9.17, 15) is 24.8 Å². The average Bonchev–Trinajstić information content (AvgIpc) is 3.23. The first kappa shape index (κ1) is 25.6. The number of hydrogen-bond acceptors (Lipinski definition) is 8. The molecule has 1 aliphatic rings. The number of phenolic OH excluding ortho intramolecular Hbond substituents is 1. The molecule has 0 bridgehead atoms. The van der Waals surface area contributed by atoms with Crippen LogP contribution >= 0.6 is 11.3 Å². The van der Waals surface area contributed by atoms with Gasteiger partial charge in [0.05, 0.1) is 33.9 Å². The predicted octanol–water partition coefficient (Wildman–Crippen LogP) is 3.50. The average molecular weight is 543 g/mol. The molecular weight excluding hydrogens is 520 g/mol. The molecule has 0 radical (unpaired) electrons. The maximum Gasteiger partial charge on any atom is 0.311 e. The molecule has 0 spiro atoms. The van der Waals surface area contributed by atoms with Gasteiger partial charge < -0.3 is 15.2 Å². The number of hydrogen-bond donors (Lipinski definition) is 2. The molecule has 10 nitrogen and oxygen atoms in total. The summed E-state index contributed by atoms with van der Waals surface area (Å²) in [5.41, 5.74) is 1.12. The Morgan fingerprint density at radius 2 is 1.90 bits per heavy atom. The molecule has 0 saturated carbocycles. The summed E-state index contributed by atoms with van der Waals surface area (Å²) in [5.74, 6) is -0.411. The highest BCUT2D eigenvalue weighted by Gasteiger charge is 2.33. The number of allylic oxidation sites excluding steroid dienone is 1. The maximum absolute atomic E-state index is 13.8. The van der Waals surface area contributed by atoms with Crippen LogP contribution in [-0.4, -0.2) is 27.6 Å². The Labute approximate surface area is 225 Å². The first-order valence-corrected chi connectivity index (χ1v) is 12.6. The zero-order valence-electron chi connectivity index (χ0n) is 20.8. The lowest BCUT2D eigenvalue weighted by Gasteiger charge is -2.25. The second kappa shape index (κ2) is 10.4. The molecule has 196 valence electrons. The standard InChI is InChI=1S/C28H22N4O6S/c1-16-23(26(34)30-19-10-4-3-5-11-19)24(17-8-6-12-20(14-17)38-2)31-27(35)22(39-28(31)29-16)15-18-9-7-13-21(25(18)33)32(36)37/h3-15,24,33H,1-2H3,(H,30,34)/t24-/m1/s1. The highest BCUT2D eigenvalue weighted by molar-refractivity contribution is 7.07. The molecule has 0 fully saturated rings. The van der Waals surface area contributed by atoms with Crippen LogP contribution in [-0.2, 0) is 4.79 Å². The van der Waals surface area contributed by atoms with Crippen molar-refractivity contribution in [3.05, 3.63) is 125 Å². The molecule has 1 aliphatic heterocycles. The molecule has 1 atom stereocenters. The third-order valence-electron chi connectivity index (χ3n) is 6.24. The summed E-state index contributed by atoms with van der Waals surface area (Å²) in [7, 11) is 1.53. The van der Waals surface area contributed by atoms with Crippen molar-refractivity contribution in [1.82, 2.24) is 4.57 Å². The van der Waals surface area contributed by atoms with Gasteiger partial charge in [-0.05, 0) is 42.8 Å². The Balaban J connectivity index is 1.70. The monoisotopic (exact) mass is 542 g/mol. The van der Waals surface area contributed by atoms with Gasteiger partial charge in [0.25, 0.3) is 11.5 Å². The third-order valence-corrected chi connectivity index (χ3v) is 7.22. The lowest BCUT2D eigenvalue weighted by Crippen LogP contribution is -2.40. The Morgan fingerprint density at radius 3 is 2.62 bits per heavy atom. The van der Waals surface area contributed by atoms with Crippen molar-refractivity contribution < 1.29 is 19.6 Å². The topological polar surface area (TPSA) is 136 Å². The van der Waals surface area contributed by atoms with E-state index in [0.717, 1.165) is 11.3 Å². The fourth-order valence-electron chi connectivity index (χ4n) is 4.41. The van der Waals surface area contributed by atoms with Crippen LogP contribution in [0.25, 0.3) is 6.08 Å². The molecule has 0 saturated heterocycles. The van der Waals surface area contributed by atoms with E-state index in [-0.39, 0.29) is 15.7 Å². The fraction of sp³-hybridized carbons (Fsp3) is 0.107. The Hall–Kier alpha value is -5.03. The Morgan fingerprint density at radius 1 is 1.15 bits per heavy atom. The largest absolute Gasteiger partial charge is 0.502 e. The summed E-state index contributed by atoms with van der Waals surface area (Å²) in [6.45, 7) is 1.70. The van der Waals surface area contributed by atoms with Crippen molar-refractivity contribution in [2.24, 2.45) is 4.99 Å². The number of nitro benzene ring substituents is 1. The lowest BCUT2D eigenvalue weighted by molar-refractivity contribution is -0.385. The van der Waals surface area contributed by atoms with Gasteiger partial charge in [-0.1, -0.05) is 53.8 Å². The summed E-state index contributed by atoms with van der Waals surface area (Å²) in [5, 5.41) is 24.6. The van der Waals surface area contributed by atoms with E-state index < -0.39 is 33.9 Å². The molecule has 11 heteroatoms. The van der Waals surface area contributed by atoms with E-state index in [0.29, 0.717) is 27.5 Å². The smallest absolute Gasteiger partial charge is 0.311 e. The molecule has 39 heavy (non-hydrogen) atoms. The van der Waals surface area contributed by atoms with Crippen molar-refractivity contribution in [3.8, 4) is 11.5 Å². The Bertz CT molecular complexity index is 1820. The number of nitrogens with zero attached hydrogens (tertiary/aromatic N) is 3. The summed E-state index contributed by atoms with van der Waals surface area (Å²) in [4.78, 5) is 42.9. The molecule has 5 rings (SSSR count). The first-order chi connectivity index (χ1) is 18.8. The minimum atomic E-state index is -0.832. The van der Waals surface area contributed by atoms with Crippen LogP contribution in [0.2, 0.25) is 0 Å². The van der Waals surface area contributed by atoms with Crippen molar-refractivity contribution in [1.29, 1.82) is 0 Å². The number of fused-ring (bicyclic) bond motifs is 1. The van der Waals surface area contributed by atoms with Gasteiger partial charge in [-0.2, -0.15) is 0 Å².